The predicted molar refractivity (Wildman–Crippen MR) is 96.6 cm³/mol. The van der Waals surface area contributed by atoms with Gasteiger partial charge < -0.3 is 15.1 Å². The molecule has 1 fully saturated rings. The first-order valence-corrected chi connectivity index (χ1v) is 9.16. The first kappa shape index (κ1) is 16.9. The molecule has 7 heteroatoms. The van der Waals surface area contributed by atoms with Crippen molar-refractivity contribution < 1.29 is 4.79 Å². The minimum atomic E-state index is -0.0743. The SMILES string of the molecule is CCN1CCN(c2ccc(CNC(=O)c3scnc3C)cn2)CC1. The van der Waals surface area contributed by atoms with E-state index in [0.29, 0.717) is 11.4 Å². The summed E-state index contributed by atoms with van der Waals surface area (Å²) in [7, 11) is 0. The van der Waals surface area contributed by atoms with Gasteiger partial charge in [-0.05, 0) is 25.1 Å². The number of rotatable bonds is 5. The number of anilines is 1. The van der Waals surface area contributed by atoms with E-state index in [4.69, 9.17) is 0 Å². The molecule has 0 radical (unpaired) electrons. The lowest BCUT2D eigenvalue weighted by atomic mass is 10.2. The first-order valence-electron chi connectivity index (χ1n) is 8.28. The maximum absolute atomic E-state index is 12.1. The average molecular weight is 345 g/mol. The molecule has 1 aliphatic heterocycles. The van der Waals surface area contributed by atoms with E-state index in [2.05, 4.69) is 32.0 Å². The van der Waals surface area contributed by atoms with Gasteiger partial charge in [-0.3, -0.25) is 4.79 Å². The summed E-state index contributed by atoms with van der Waals surface area (Å²) in [6.45, 7) is 9.84. The van der Waals surface area contributed by atoms with Crippen LogP contribution in [0.5, 0.6) is 0 Å². The van der Waals surface area contributed by atoms with Crippen LogP contribution in [0.3, 0.4) is 0 Å². The highest BCUT2D eigenvalue weighted by atomic mass is 32.1. The third kappa shape index (κ3) is 3.91. The van der Waals surface area contributed by atoms with Crippen molar-refractivity contribution in [2.75, 3.05) is 37.6 Å². The maximum Gasteiger partial charge on any atom is 0.263 e. The van der Waals surface area contributed by atoms with E-state index in [1.807, 2.05) is 25.3 Å². The summed E-state index contributed by atoms with van der Waals surface area (Å²) in [4.78, 5) is 26.2. The fourth-order valence-electron chi connectivity index (χ4n) is 2.78. The molecule has 0 aromatic carbocycles. The molecule has 6 nitrogen and oxygen atoms in total. The Morgan fingerprint density at radius 1 is 1.25 bits per heavy atom. The lowest BCUT2D eigenvalue weighted by Crippen LogP contribution is -2.46. The number of carbonyl (C=O) groups excluding carboxylic acids is 1. The summed E-state index contributed by atoms with van der Waals surface area (Å²) in [5.74, 6) is 0.939. The Labute approximate surface area is 146 Å². The molecule has 0 spiro atoms. The molecule has 24 heavy (non-hydrogen) atoms. The van der Waals surface area contributed by atoms with Crippen LogP contribution in [0, 0.1) is 6.92 Å². The molecule has 3 heterocycles. The van der Waals surface area contributed by atoms with E-state index >= 15 is 0 Å². The van der Waals surface area contributed by atoms with Gasteiger partial charge >= 0.3 is 0 Å². The number of carbonyl (C=O) groups is 1. The predicted octanol–water partition coefficient (Wildman–Crippen LogP) is 1.92. The number of likely N-dealkylation sites (N-methyl/N-ethyl adjacent to an activating group) is 1. The molecule has 3 rings (SSSR count). The van der Waals surface area contributed by atoms with Crippen LogP contribution in [0.25, 0.3) is 0 Å². The van der Waals surface area contributed by atoms with Crippen LogP contribution in [-0.2, 0) is 6.54 Å². The molecule has 1 saturated heterocycles. The molecular formula is C17H23N5OS. The van der Waals surface area contributed by atoms with Crippen LogP contribution in [-0.4, -0.2) is 53.5 Å². The van der Waals surface area contributed by atoms with Gasteiger partial charge in [0.1, 0.15) is 10.7 Å². The Hall–Kier alpha value is -1.99. The van der Waals surface area contributed by atoms with E-state index in [1.165, 1.54) is 11.3 Å². The van der Waals surface area contributed by atoms with E-state index in [9.17, 15) is 4.79 Å². The van der Waals surface area contributed by atoms with Gasteiger partial charge in [0, 0.05) is 38.9 Å². The molecule has 0 atom stereocenters. The van der Waals surface area contributed by atoms with Crippen LogP contribution in [0.1, 0.15) is 27.9 Å². The highest BCUT2D eigenvalue weighted by molar-refractivity contribution is 7.11. The molecular weight excluding hydrogens is 322 g/mol. The molecule has 1 aliphatic rings. The van der Waals surface area contributed by atoms with Crippen molar-refractivity contribution in [1.29, 1.82) is 0 Å². The minimum absolute atomic E-state index is 0.0743. The number of aryl methyl sites for hydroxylation is 1. The monoisotopic (exact) mass is 345 g/mol. The number of aromatic nitrogens is 2. The number of pyridine rings is 1. The van der Waals surface area contributed by atoms with Gasteiger partial charge in [0.05, 0.1) is 11.2 Å². The van der Waals surface area contributed by atoms with Gasteiger partial charge in [-0.15, -0.1) is 11.3 Å². The second kappa shape index (κ2) is 7.72. The number of amides is 1. The van der Waals surface area contributed by atoms with Crippen LogP contribution >= 0.6 is 11.3 Å². The molecule has 0 saturated carbocycles. The van der Waals surface area contributed by atoms with E-state index in [1.54, 1.807) is 5.51 Å². The molecule has 0 bridgehead atoms. The van der Waals surface area contributed by atoms with Crippen LogP contribution in [0.4, 0.5) is 5.82 Å². The summed E-state index contributed by atoms with van der Waals surface area (Å²) >= 11 is 1.37. The lowest BCUT2D eigenvalue weighted by molar-refractivity contribution is 0.0954. The van der Waals surface area contributed by atoms with Crippen molar-refractivity contribution in [3.8, 4) is 0 Å². The number of nitrogens with zero attached hydrogens (tertiary/aromatic N) is 4. The van der Waals surface area contributed by atoms with E-state index < -0.39 is 0 Å². The fraction of sp³-hybridized carbons (Fsp3) is 0.471. The van der Waals surface area contributed by atoms with Crippen molar-refractivity contribution in [2.45, 2.75) is 20.4 Å². The zero-order chi connectivity index (χ0) is 16.9. The highest BCUT2D eigenvalue weighted by Crippen LogP contribution is 2.15. The molecule has 2 aromatic rings. The second-order valence-electron chi connectivity index (χ2n) is 5.90. The molecule has 0 aliphatic carbocycles. The van der Waals surface area contributed by atoms with E-state index in [-0.39, 0.29) is 5.91 Å². The molecule has 1 amide bonds. The Balaban J connectivity index is 1.53. The topological polar surface area (TPSA) is 61.4 Å². The van der Waals surface area contributed by atoms with Crippen molar-refractivity contribution in [3.63, 3.8) is 0 Å². The third-order valence-corrected chi connectivity index (χ3v) is 5.28. The Morgan fingerprint density at radius 2 is 2.04 bits per heavy atom. The van der Waals surface area contributed by atoms with Gasteiger partial charge in [-0.25, -0.2) is 9.97 Å². The number of thiazole rings is 1. The smallest absolute Gasteiger partial charge is 0.263 e. The first-order chi connectivity index (χ1) is 11.7. The lowest BCUT2D eigenvalue weighted by Gasteiger charge is -2.34. The van der Waals surface area contributed by atoms with Crippen LogP contribution in [0.15, 0.2) is 23.8 Å². The third-order valence-electron chi connectivity index (χ3n) is 4.36. The van der Waals surface area contributed by atoms with Gasteiger partial charge in [-0.1, -0.05) is 13.0 Å². The summed E-state index contributed by atoms with van der Waals surface area (Å²) in [6, 6.07) is 4.08. The average Bonchev–Trinajstić information content (AvgIpc) is 3.06. The Kier molecular flexibility index (Phi) is 5.42. The Bertz CT molecular complexity index is 677. The zero-order valence-corrected chi connectivity index (χ0v) is 15.0. The Morgan fingerprint density at radius 3 is 2.62 bits per heavy atom. The van der Waals surface area contributed by atoms with Gasteiger partial charge in [0.15, 0.2) is 0 Å². The number of hydrogen-bond donors (Lipinski definition) is 1. The van der Waals surface area contributed by atoms with Crippen molar-refractivity contribution in [2.24, 2.45) is 0 Å². The summed E-state index contributed by atoms with van der Waals surface area (Å²) < 4.78 is 0. The summed E-state index contributed by atoms with van der Waals surface area (Å²) in [5, 5.41) is 2.93. The standard InChI is InChI=1S/C17H23N5OS/c1-3-21-6-8-22(9-7-21)15-5-4-14(10-18-15)11-19-17(23)16-13(2)20-12-24-16/h4-5,10,12H,3,6-9,11H2,1-2H3,(H,19,23). The fourth-order valence-corrected chi connectivity index (χ4v) is 3.50. The minimum Gasteiger partial charge on any atom is -0.354 e. The second-order valence-corrected chi connectivity index (χ2v) is 6.75. The zero-order valence-electron chi connectivity index (χ0n) is 14.2. The molecule has 1 N–H and O–H groups in total. The number of piperazine rings is 1. The van der Waals surface area contributed by atoms with Crippen LogP contribution < -0.4 is 10.2 Å². The van der Waals surface area contributed by atoms with Crippen molar-refractivity contribution in [1.82, 2.24) is 20.2 Å². The summed E-state index contributed by atoms with van der Waals surface area (Å²) in [5.41, 5.74) is 3.47. The van der Waals surface area contributed by atoms with Crippen molar-refractivity contribution >= 4 is 23.1 Å². The maximum atomic E-state index is 12.1. The molecule has 0 unspecified atom stereocenters. The van der Waals surface area contributed by atoms with Gasteiger partial charge in [0.2, 0.25) is 0 Å². The van der Waals surface area contributed by atoms with Gasteiger partial charge in [0.25, 0.3) is 5.91 Å². The summed E-state index contributed by atoms with van der Waals surface area (Å²) in [6.07, 6.45) is 1.85. The quantitative estimate of drug-likeness (QED) is 0.897. The highest BCUT2D eigenvalue weighted by Gasteiger charge is 2.16. The van der Waals surface area contributed by atoms with Crippen molar-refractivity contribution in [3.05, 3.63) is 40.0 Å². The van der Waals surface area contributed by atoms with E-state index in [0.717, 1.165) is 49.8 Å². The molecule has 128 valence electrons. The molecule has 2 aromatic heterocycles. The number of nitrogens with one attached hydrogen (secondary N) is 1. The normalized spacial score (nSPS) is 15.5. The largest absolute Gasteiger partial charge is 0.354 e. The van der Waals surface area contributed by atoms with Gasteiger partial charge in [-0.2, -0.15) is 0 Å². The van der Waals surface area contributed by atoms with Crippen LogP contribution in [0.2, 0.25) is 0 Å². The number of hydrogen-bond acceptors (Lipinski definition) is 6.